The van der Waals surface area contributed by atoms with Gasteiger partial charge in [0.05, 0.1) is 0 Å². The molecule has 0 fully saturated rings. The van der Waals surface area contributed by atoms with Crippen molar-refractivity contribution in [3.8, 4) is 0 Å². The van der Waals surface area contributed by atoms with Gasteiger partial charge in [-0.3, -0.25) is 0 Å². The second-order valence-corrected chi connectivity index (χ2v) is 10.9. The summed E-state index contributed by atoms with van der Waals surface area (Å²) in [6.07, 6.45) is 9.64. The normalized spacial score (nSPS) is 13.1. The lowest BCUT2D eigenvalue weighted by Gasteiger charge is -2.35. The van der Waals surface area contributed by atoms with E-state index >= 15 is 0 Å². The molecule has 0 spiro atoms. The fraction of sp³-hybridized carbons (Fsp3) is 1.00. The second kappa shape index (κ2) is 8.28. The van der Waals surface area contributed by atoms with E-state index in [1.54, 1.807) is 0 Å². The van der Waals surface area contributed by atoms with E-state index in [2.05, 4.69) is 13.8 Å². The molecule has 0 saturated heterocycles. The third kappa shape index (κ3) is 7.95. The Kier molecular flexibility index (Phi) is 8.34. The van der Waals surface area contributed by atoms with E-state index in [0.29, 0.717) is 6.61 Å². The molecule has 0 amide bonds. The van der Waals surface area contributed by atoms with Gasteiger partial charge in [0, 0.05) is 6.61 Å². The van der Waals surface area contributed by atoms with Crippen molar-refractivity contribution in [3.05, 3.63) is 0 Å². The number of rotatable bonds is 10. The average Bonchev–Trinajstić information content (AvgIpc) is 2.20. The van der Waals surface area contributed by atoms with E-state index < -0.39 is 8.32 Å². The molecule has 2 nitrogen and oxygen atoms in total. The highest BCUT2D eigenvalue weighted by Gasteiger charge is 2.37. The van der Waals surface area contributed by atoms with Crippen LogP contribution in [-0.4, -0.2) is 24.8 Å². The van der Waals surface area contributed by atoms with Crippen LogP contribution in [0.3, 0.4) is 0 Å². The first-order chi connectivity index (χ1) is 7.81. The van der Waals surface area contributed by atoms with Crippen LogP contribution in [0, 0.1) is 0 Å². The standard InChI is InChI=1S/C14H32O2Si/c1-14(2,17(3,4)16)12-10-8-6-5-7-9-11-13-15/h15-16H,5-13H2,1-4H3. The van der Waals surface area contributed by atoms with E-state index in [1.165, 1.54) is 38.5 Å². The topological polar surface area (TPSA) is 40.5 Å². The molecule has 0 bridgehead atoms. The van der Waals surface area contributed by atoms with Crippen molar-refractivity contribution in [3.63, 3.8) is 0 Å². The molecule has 17 heavy (non-hydrogen) atoms. The van der Waals surface area contributed by atoms with Gasteiger partial charge in [-0.1, -0.05) is 52.4 Å². The largest absolute Gasteiger partial charge is 0.432 e. The fourth-order valence-electron chi connectivity index (χ4n) is 1.87. The van der Waals surface area contributed by atoms with Crippen LogP contribution >= 0.6 is 0 Å². The summed E-state index contributed by atoms with van der Waals surface area (Å²) >= 11 is 0. The SMILES string of the molecule is CC(C)(CCCCCCCCCO)[Si](C)(C)O. The van der Waals surface area contributed by atoms with Crippen LogP contribution in [0.25, 0.3) is 0 Å². The van der Waals surface area contributed by atoms with Crippen molar-refractivity contribution in [2.75, 3.05) is 6.61 Å². The Bertz CT molecular complexity index is 185. The Labute approximate surface area is 109 Å². The lowest BCUT2D eigenvalue weighted by atomic mass is 10.0. The van der Waals surface area contributed by atoms with Crippen LogP contribution in [0.1, 0.15) is 65.2 Å². The minimum absolute atomic E-state index is 0.143. The Balaban J connectivity index is 3.46. The summed E-state index contributed by atoms with van der Waals surface area (Å²) in [6, 6.07) is 0. The van der Waals surface area contributed by atoms with Gasteiger partial charge >= 0.3 is 0 Å². The molecule has 0 aliphatic carbocycles. The van der Waals surface area contributed by atoms with Crippen LogP contribution < -0.4 is 0 Å². The van der Waals surface area contributed by atoms with Gasteiger partial charge in [0.1, 0.15) is 0 Å². The van der Waals surface area contributed by atoms with Gasteiger partial charge < -0.3 is 9.90 Å². The average molecular weight is 260 g/mol. The zero-order valence-corrected chi connectivity index (χ0v) is 13.3. The van der Waals surface area contributed by atoms with Gasteiger partial charge in [0.15, 0.2) is 8.32 Å². The predicted molar refractivity (Wildman–Crippen MR) is 77.8 cm³/mol. The van der Waals surface area contributed by atoms with Crippen molar-refractivity contribution < 1.29 is 9.90 Å². The minimum atomic E-state index is -2.00. The molecule has 0 aliphatic heterocycles. The molecule has 0 radical (unpaired) electrons. The molecule has 3 heteroatoms. The lowest BCUT2D eigenvalue weighted by molar-refractivity contribution is 0.282. The first-order valence-electron chi connectivity index (χ1n) is 7.14. The van der Waals surface area contributed by atoms with Crippen molar-refractivity contribution >= 4 is 8.32 Å². The van der Waals surface area contributed by atoms with Crippen LogP contribution in [0.2, 0.25) is 18.1 Å². The molecule has 0 rings (SSSR count). The van der Waals surface area contributed by atoms with Crippen molar-refractivity contribution in [1.29, 1.82) is 0 Å². The summed E-state index contributed by atoms with van der Waals surface area (Å²) in [7, 11) is -2.00. The van der Waals surface area contributed by atoms with Crippen LogP contribution in [0.5, 0.6) is 0 Å². The number of hydrogen-bond acceptors (Lipinski definition) is 2. The van der Waals surface area contributed by atoms with E-state index in [0.717, 1.165) is 12.8 Å². The maximum absolute atomic E-state index is 10.2. The summed E-state index contributed by atoms with van der Waals surface area (Å²) in [5, 5.41) is 8.80. The van der Waals surface area contributed by atoms with Crippen LogP contribution in [-0.2, 0) is 0 Å². The maximum atomic E-state index is 10.2. The maximum Gasteiger partial charge on any atom is 0.188 e. The number of hydrogen-bond donors (Lipinski definition) is 2. The van der Waals surface area contributed by atoms with Gasteiger partial charge in [-0.05, 0) is 31.0 Å². The predicted octanol–water partition coefficient (Wildman–Crippen LogP) is 4.08. The molecule has 0 aromatic carbocycles. The fourth-order valence-corrected chi connectivity index (χ4v) is 2.66. The Morgan fingerprint density at radius 3 is 1.65 bits per heavy atom. The zero-order valence-electron chi connectivity index (χ0n) is 12.3. The first kappa shape index (κ1) is 17.1. The van der Waals surface area contributed by atoms with Gasteiger partial charge in [-0.25, -0.2) is 0 Å². The van der Waals surface area contributed by atoms with Crippen molar-refractivity contribution in [2.24, 2.45) is 0 Å². The molecule has 0 saturated carbocycles. The number of unbranched alkanes of at least 4 members (excludes halogenated alkanes) is 6. The van der Waals surface area contributed by atoms with Gasteiger partial charge in [-0.15, -0.1) is 0 Å². The smallest absolute Gasteiger partial charge is 0.188 e. The van der Waals surface area contributed by atoms with Gasteiger partial charge in [-0.2, -0.15) is 0 Å². The summed E-state index contributed by atoms with van der Waals surface area (Å²) < 4.78 is 0. The zero-order chi connectivity index (χ0) is 13.4. The number of aliphatic hydroxyl groups is 1. The second-order valence-electron chi connectivity index (χ2n) is 6.39. The highest BCUT2D eigenvalue weighted by molar-refractivity contribution is 6.72. The molecule has 0 heterocycles. The molecule has 2 N–H and O–H groups in total. The Morgan fingerprint density at radius 2 is 1.24 bits per heavy atom. The molecular formula is C14H32O2Si. The first-order valence-corrected chi connectivity index (χ1v) is 10.1. The van der Waals surface area contributed by atoms with Crippen LogP contribution in [0.15, 0.2) is 0 Å². The quantitative estimate of drug-likeness (QED) is 0.459. The number of aliphatic hydroxyl groups excluding tert-OH is 1. The summed E-state index contributed by atoms with van der Waals surface area (Å²) in [5.41, 5.74) is 0. The molecule has 104 valence electrons. The van der Waals surface area contributed by atoms with E-state index in [4.69, 9.17) is 5.11 Å². The Morgan fingerprint density at radius 1 is 0.824 bits per heavy atom. The van der Waals surface area contributed by atoms with Crippen LogP contribution in [0.4, 0.5) is 0 Å². The molecule has 0 aromatic rings. The third-order valence-corrected chi connectivity index (χ3v) is 7.68. The molecular weight excluding hydrogens is 228 g/mol. The molecule has 0 unspecified atom stereocenters. The minimum Gasteiger partial charge on any atom is -0.432 e. The van der Waals surface area contributed by atoms with Gasteiger partial charge in [0.25, 0.3) is 0 Å². The molecule has 0 atom stereocenters. The van der Waals surface area contributed by atoms with Gasteiger partial charge in [0.2, 0.25) is 0 Å². The van der Waals surface area contributed by atoms with E-state index in [-0.39, 0.29) is 5.04 Å². The van der Waals surface area contributed by atoms with E-state index in [1.807, 2.05) is 13.1 Å². The third-order valence-electron chi connectivity index (χ3n) is 4.12. The molecule has 0 aromatic heterocycles. The van der Waals surface area contributed by atoms with Crippen molar-refractivity contribution in [2.45, 2.75) is 83.3 Å². The highest BCUT2D eigenvalue weighted by atomic mass is 28.4. The Hall–Kier alpha value is 0.137. The summed E-state index contributed by atoms with van der Waals surface area (Å²) in [4.78, 5) is 10.2. The molecule has 0 aliphatic rings. The van der Waals surface area contributed by atoms with Crippen molar-refractivity contribution in [1.82, 2.24) is 0 Å². The highest BCUT2D eigenvalue weighted by Crippen LogP contribution is 2.40. The summed E-state index contributed by atoms with van der Waals surface area (Å²) in [5.74, 6) is 0. The van der Waals surface area contributed by atoms with E-state index in [9.17, 15) is 4.80 Å². The monoisotopic (exact) mass is 260 g/mol. The summed E-state index contributed by atoms with van der Waals surface area (Å²) in [6.45, 7) is 8.84. The lowest BCUT2D eigenvalue weighted by Crippen LogP contribution is -2.38.